The van der Waals surface area contributed by atoms with Gasteiger partial charge in [-0.15, -0.1) is 0 Å². The summed E-state index contributed by atoms with van der Waals surface area (Å²) in [4.78, 5) is 26.4. The Morgan fingerprint density at radius 1 is 0.267 bits per heavy atom. The lowest BCUT2D eigenvalue weighted by Crippen LogP contribution is -2.06. The molecular formula is C53H35N7. The van der Waals surface area contributed by atoms with Crippen molar-refractivity contribution in [3.63, 3.8) is 0 Å². The van der Waals surface area contributed by atoms with Crippen LogP contribution in [-0.2, 0) is 0 Å². The lowest BCUT2D eigenvalue weighted by atomic mass is 10.0. The predicted molar refractivity (Wildman–Crippen MR) is 242 cm³/mol. The summed E-state index contributed by atoms with van der Waals surface area (Å²) in [5, 5.41) is 0. The molecule has 11 aromatic rings. The molecule has 0 unspecified atom stereocenters. The quantitative estimate of drug-likeness (QED) is 0.154. The minimum Gasteiger partial charge on any atom is -0.292 e. The molecule has 3 aromatic heterocycles. The van der Waals surface area contributed by atoms with E-state index >= 15 is 0 Å². The Labute approximate surface area is 346 Å². The second-order valence-corrected chi connectivity index (χ2v) is 14.5. The summed E-state index contributed by atoms with van der Waals surface area (Å²) >= 11 is 0. The van der Waals surface area contributed by atoms with Crippen LogP contribution in [0, 0.1) is 0 Å². The van der Waals surface area contributed by atoms with Crippen LogP contribution in [0.25, 0.3) is 102 Å². The van der Waals surface area contributed by atoms with E-state index in [-0.39, 0.29) is 0 Å². The number of fused-ring (bicyclic) bond motifs is 2. The van der Waals surface area contributed by atoms with Gasteiger partial charge in [-0.05, 0) is 65.7 Å². The van der Waals surface area contributed by atoms with Gasteiger partial charge >= 0.3 is 0 Å². The number of hydrogen-bond acceptors (Lipinski definition) is 5. The highest BCUT2D eigenvalue weighted by atomic mass is 15.1. The molecule has 3 heterocycles. The van der Waals surface area contributed by atoms with Crippen LogP contribution in [0.3, 0.4) is 0 Å². The first-order valence-corrected chi connectivity index (χ1v) is 19.9. The number of para-hydroxylation sites is 6. The molecule has 0 aliphatic heterocycles. The molecule has 8 aromatic carbocycles. The molecule has 7 nitrogen and oxygen atoms in total. The zero-order valence-corrected chi connectivity index (χ0v) is 32.3. The first-order valence-electron chi connectivity index (χ1n) is 19.9. The van der Waals surface area contributed by atoms with E-state index in [9.17, 15) is 0 Å². The van der Waals surface area contributed by atoms with E-state index in [0.29, 0.717) is 17.5 Å². The van der Waals surface area contributed by atoms with Crippen LogP contribution < -0.4 is 0 Å². The third-order valence-electron chi connectivity index (χ3n) is 10.8. The lowest BCUT2D eigenvalue weighted by molar-refractivity contribution is 1.04. The van der Waals surface area contributed by atoms with E-state index in [4.69, 9.17) is 24.9 Å². The Bertz CT molecular complexity index is 3140. The van der Waals surface area contributed by atoms with Crippen molar-refractivity contribution < 1.29 is 0 Å². The SMILES string of the molecule is c1ccc(-c2cccc(-c3nc(-c4ccccc4-n4c(-c5ccccc5)nc5ccccc54)nc(-c4ccccc4-n4c(-c5ccccc5)nc5ccccc54)n3)c2)cc1. The van der Waals surface area contributed by atoms with Gasteiger partial charge in [0.15, 0.2) is 17.5 Å². The molecule has 282 valence electrons. The van der Waals surface area contributed by atoms with Crippen molar-refractivity contribution in [1.82, 2.24) is 34.1 Å². The molecule has 0 aliphatic carbocycles. The molecule has 0 saturated heterocycles. The van der Waals surface area contributed by atoms with Crippen LogP contribution in [0.15, 0.2) is 212 Å². The van der Waals surface area contributed by atoms with Crippen LogP contribution in [0.5, 0.6) is 0 Å². The highest BCUT2D eigenvalue weighted by molar-refractivity contribution is 5.88. The summed E-state index contributed by atoms with van der Waals surface area (Å²) in [5.41, 5.74) is 12.4. The smallest absolute Gasteiger partial charge is 0.166 e. The van der Waals surface area contributed by atoms with Crippen molar-refractivity contribution in [2.24, 2.45) is 0 Å². The molecule has 60 heavy (non-hydrogen) atoms. The molecule has 0 saturated carbocycles. The number of nitrogens with zero attached hydrogens (tertiary/aromatic N) is 7. The average Bonchev–Trinajstić information content (AvgIpc) is 3.92. The van der Waals surface area contributed by atoms with Crippen LogP contribution in [0.4, 0.5) is 0 Å². The molecule has 0 atom stereocenters. The van der Waals surface area contributed by atoms with Gasteiger partial charge in [0.25, 0.3) is 0 Å². The van der Waals surface area contributed by atoms with Gasteiger partial charge in [-0.1, -0.05) is 158 Å². The molecular weight excluding hydrogens is 735 g/mol. The van der Waals surface area contributed by atoms with Gasteiger partial charge < -0.3 is 0 Å². The average molecular weight is 770 g/mol. The topological polar surface area (TPSA) is 74.3 Å². The van der Waals surface area contributed by atoms with Crippen molar-refractivity contribution in [2.75, 3.05) is 0 Å². The molecule has 0 amide bonds. The summed E-state index contributed by atoms with van der Waals surface area (Å²) in [6.45, 7) is 0. The third-order valence-corrected chi connectivity index (χ3v) is 10.8. The minimum absolute atomic E-state index is 0.543. The van der Waals surface area contributed by atoms with E-state index in [1.807, 2.05) is 66.7 Å². The summed E-state index contributed by atoms with van der Waals surface area (Å²) in [6, 6.07) is 72.5. The van der Waals surface area contributed by atoms with Crippen LogP contribution in [0.2, 0.25) is 0 Å². The maximum absolute atomic E-state index is 5.40. The molecule has 0 aliphatic rings. The second kappa shape index (κ2) is 14.9. The van der Waals surface area contributed by atoms with Crippen LogP contribution in [0.1, 0.15) is 0 Å². The maximum Gasteiger partial charge on any atom is 0.166 e. The van der Waals surface area contributed by atoms with E-state index in [1.54, 1.807) is 0 Å². The molecule has 0 N–H and O–H groups in total. The fourth-order valence-corrected chi connectivity index (χ4v) is 8.03. The number of aromatic nitrogens is 7. The molecule has 7 heteroatoms. The van der Waals surface area contributed by atoms with Crippen LogP contribution in [-0.4, -0.2) is 34.1 Å². The third kappa shape index (κ3) is 6.22. The van der Waals surface area contributed by atoms with Gasteiger partial charge in [0.2, 0.25) is 0 Å². The van der Waals surface area contributed by atoms with Crippen molar-refractivity contribution in [3.8, 4) is 79.4 Å². The molecule has 0 bridgehead atoms. The number of benzene rings is 8. The van der Waals surface area contributed by atoms with Crippen molar-refractivity contribution >= 4 is 22.1 Å². The van der Waals surface area contributed by atoms with Gasteiger partial charge in [-0.25, -0.2) is 24.9 Å². The normalized spacial score (nSPS) is 11.3. The first-order chi connectivity index (χ1) is 29.8. The van der Waals surface area contributed by atoms with Gasteiger partial charge in [-0.3, -0.25) is 9.13 Å². The highest BCUT2D eigenvalue weighted by Crippen LogP contribution is 2.37. The van der Waals surface area contributed by atoms with E-state index < -0.39 is 0 Å². The minimum atomic E-state index is 0.543. The summed E-state index contributed by atoms with van der Waals surface area (Å²) < 4.78 is 4.44. The summed E-state index contributed by atoms with van der Waals surface area (Å²) in [5.74, 6) is 3.32. The zero-order chi connectivity index (χ0) is 39.8. The Morgan fingerprint density at radius 3 is 1.17 bits per heavy atom. The molecule has 0 spiro atoms. The zero-order valence-electron chi connectivity index (χ0n) is 32.3. The van der Waals surface area contributed by atoms with Crippen LogP contribution >= 0.6 is 0 Å². The summed E-state index contributed by atoms with van der Waals surface area (Å²) in [6.07, 6.45) is 0. The fraction of sp³-hybridized carbons (Fsp3) is 0. The number of rotatable bonds is 8. The predicted octanol–water partition coefficient (Wildman–Crippen LogP) is 12.6. The standard InChI is InChI=1S/C53H35N7/c1-4-19-36(20-5-1)39-25-18-26-40(35-39)49-56-50(41-27-10-14-31-45(41)59-47-33-16-12-29-43(47)54-52(59)37-21-6-2-7-22-37)58-51(57-49)42-28-11-15-32-46(42)60-48-34-17-13-30-44(48)55-53(60)38-23-8-3-9-24-38/h1-35H. The van der Waals surface area contributed by atoms with Crippen molar-refractivity contribution in [2.45, 2.75) is 0 Å². The highest BCUT2D eigenvalue weighted by Gasteiger charge is 2.23. The first kappa shape index (κ1) is 34.9. The van der Waals surface area contributed by atoms with Gasteiger partial charge in [0.05, 0.1) is 33.4 Å². The number of hydrogen-bond donors (Lipinski definition) is 0. The Hall–Kier alpha value is -8.29. The largest absolute Gasteiger partial charge is 0.292 e. The van der Waals surface area contributed by atoms with Crippen molar-refractivity contribution in [3.05, 3.63) is 212 Å². The van der Waals surface area contributed by atoms with E-state index in [1.165, 1.54) is 0 Å². The summed E-state index contributed by atoms with van der Waals surface area (Å²) in [7, 11) is 0. The Kier molecular flexibility index (Phi) is 8.67. The fourth-order valence-electron chi connectivity index (χ4n) is 8.03. The maximum atomic E-state index is 5.40. The number of imidazole rings is 2. The monoisotopic (exact) mass is 769 g/mol. The molecule has 11 rings (SSSR count). The second-order valence-electron chi connectivity index (χ2n) is 14.5. The Balaban J connectivity index is 1.17. The molecule has 0 fully saturated rings. The van der Waals surface area contributed by atoms with Gasteiger partial charge in [0, 0.05) is 27.8 Å². The van der Waals surface area contributed by atoms with E-state index in [2.05, 4.69) is 155 Å². The Morgan fingerprint density at radius 2 is 0.650 bits per heavy atom. The van der Waals surface area contributed by atoms with Gasteiger partial charge in [-0.2, -0.15) is 0 Å². The van der Waals surface area contributed by atoms with E-state index in [0.717, 1.165) is 84.0 Å². The van der Waals surface area contributed by atoms with Gasteiger partial charge in [0.1, 0.15) is 11.6 Å². The lowest BCUT2D eigenvalue weighted by Gasteiger charge is -2.17. The van der Waals surface area contributed by atoms with Crippen molar-refractivity contribution in [1.29, 1.82) is 0 Å². The molecule has 0 radical (unpaired) electrons.